The van der Waals surface area contributed by atoms with Gasteiger partial charge in [0.1, 0.15) is 5.82 Å². The van der Waals surface area contributed by atoms with Crippen LogP contribution in [0.25, 0.3) is 0 Å². The number of carbonyl (C=O) groups excluding carboxylic acids is 1. The molecule has 2 heterocycles. The molecule has 4 N–H and O–H groups in total. The molecule has 0 fully saturated rings. The van der Waals surface area contributed by atoms with Gasteiger partial charge in [0, 0.05) is 17.5 Å². The maximum Gasteiger partial charge on any atom is 0.256 e. The van der Waals surface area contributed by atoms with Crippen LogP contribution < -0.4 is 16.4 Å². The maximum atomic E-state index is 11.6. The lowest BCUT2D eigenvalue weighted by atomic mass is 9.99. The van der Waals surface area contributed by atoms with Gasteiger partial charge in [-0.2, -0.15) is 0 Å². The Morgan fingerprint density at radius 1 is 1.17 bits per heavy atom. The molecule has 0 saturated heterocycles. The lowest BCUT2D eigenvalue weighted by Gasteiger charge is -2.34. The second-order valence-corrected chi connectivity index (χ2v) is 7.11. The van der Waals surface area contributed by atoms with Crippen LogP contribution in [0.4, 0.5) is 5.82 Å². The highest BCUT2D eigenvalue weighted by atomic mass is 32.2. The molecule has 1 aliphatic heterocycles. The van der Waals surface area contributed by atoms with E-state index in [2.05, 4.69) is 41.6 Å². The minimum atomic E-state index is -0.722. The van der Waals surface area contributed by atoms with Crippen molar-refractivity contribution in [3.05, 3.63) is 69.9 Å². The van der Waals surface area contributed by atoms with Crippen molar-refractivity contribution in [2.24, 2.45) is 5.73 Å². The van der Waals surface area contributed by atoms with E-state index in [1.165, 1.54) is 11.8 Å². The summed E-state index contributed by atoms with van der Waals surface area (Å²) in [5.74, 6) is 0.288. The van der Waals surface area contributed by atoms with Crippen LogP contribution in [-0.2, 0) is 9.79 Å². The number of hydrogen-bond donors (Lipinski definition) is 3. The zero-order valence-electron chi connectivity index (χ0n) is 13.9. The Balaban J connectivity index is 2.08. The topological polar surface area (TPSA) is 80.0 Å². The van der Waals surface area contributed by atoms with Gasteiger partial charge in [-0.05, 0) is 44.0 Å². The van der Waals surface area contributed by atoms with Crippen LogP contribution in [0.5, 0.6) is 0 Å². The number of primary amides is 1. The van der Waals surface area contributed by atoms with Crippen LogP contribution >= 0.6 is 11.8 Å². The van der Waals surface area contributed by atoms with E-state index in [1.54, 1.807) is 6.20 Å². The van der Waals surface area contributed by atoms with Crippen molar-refractivity contribution in [3.63, 3.8) is 0 Å². The van der Waals surface area contributed by atoms with Gasteiger partial charge in [-0.15, -0.1) is 0 Å². The summed E-state index contributed by atoms with van der Waals surface area (Å²) in [7, 11) is 0. The molecule has 24 heavy (non-hydrogen) atoms. The highest BCUT2D eigenvalue weighted by molar-refractivity contribution is 8.05. The van der Waals surface area contributed by atoms with E-state index >= 15 is 0 Å². The molecule has 5 nitrogen and oxygen atoms in total. The van der Waals surface area contributed by atoms with Crippen molar-refractivity contribution in [1.29, 1.82) is 0 Å². The fourth-order valence-electron chi connectivity index (χ4n) is 2.92. The maximum absolute atomic E-state index is 11.6. The molecule has 1 aromatic carbocycles. The van der Waals surface area contributed by atoms with Crippen molar-refractivity contribution >= 4 is 23.5 Å². The van der Waals surface area contributed by atoms with Crippen LogP contribution in [0.2, 0.25) is 0 Å². The Kier molecular flexibility index (Phi) is 4.24. The van der Waals surface area contributed by atoms with E-state index in [9.17, 15) is 4.79 Å². The third-order valence-electron chi connectivity index (χ3n) is 3.94. The Morgan fingerprint density at radius 2 is 1.83 bits per heavy atom. The van der Waals surface area contributed by atoms with E-state index in [1.807, 2.05) is 31.2 Å². The third kappa shape index (κ3) is 2.97. The van der Waals surface area contributed by atoms with Crippen LogP contribution in [0.15, 0.2) is 47.5 Å². The number of pyridine rings is 1. The number of aromatic nitrogens is 1. The van der Waals surface area contributed by atoms with Crippen LogP contribution in [0, 0.1) is 20.8 Å². The van der Waals surface area contributed by atoms with Gasteiger partial charge in [0.25, 0.3) is 5.91 Å². The first-order valence-electron chi connectivity index (χ1n) is 7.66. The molecule has 1 amide bonds. The first kappa shape index (κ1) is 16.4. The fraction of sp³-hybridized carbons (Fsp3) is 0.222. The van der Waals surface area contributed by atoms with Gasteiger partial charge >= 0.3 is 0 Å². The number of anilines is 1. The molecule has 1 aliphatic rings. The molecule has 124 valence electrons. The number of carbonyl (C=O) groups is 1. The Bertz CT molecular complexity index is 813. The molecule has 1 unspecified atom stereocenters. The number of nitrogens with zero attached hydrogens (tertiary/aromatic N) is 1. The molecular weight excluding hydrogens is 320 g/mol. The number of aryl methyl sites for hydroxylation is 3. The average molecular weight is 340 g/mol. The first-order chi connectivity index (χ1) is 11.4. The monoisotopic (exact) mass is 340 g/mol. The second kappa shape index (κ2) is 6.20. The van der Waals surface area contributed by atoms with Crippen molar-refractivity contribution in [2.75, 3.05) is 5.32 Å². The fourth-order valence-corrected chi connectivity index (χ4v) is 4.17. The van der Waals surface area contributed by atoms with E-state index in [0.29, 0.717) is 4.91 Å². The van der Waals surface area contributed by atoms with Crippen LogP contribution in [-0.4, -0.2) is 10.9 Å². The van der Waals surface area contributed by atoms with Gasteiger partial charge in [-0.1, -0.05) is 36.0 Å². The quantitative estimate of drug-likeness (QED) is 0.797. The van der Waals surface area contributed by atoms with Gasteiger partial charge in [0.15, 0.2) is 4.99 Å². The summed E-state index contributed by atoms with van der Waals surface area (Å²) < 4.78 is 0. The number of benzene rings is 1. The average Bonchev–Trinajstić information content (AvgIpc) is 2.92. The largest absolute Gasteiger partial charge is 0.365 e. The van der Waals surface area contributed by atoms with Gasteiger partial charge < -0.3 is 16.4 Å². The molecule has 0 bridgehead atoms. The van der Waals surface area contributed by atoms with Gasteiger partial charge in [0.05, 0.1) is 4.91 Å². The zero-order valence-corrected chi connectivity index (χ0v) is 14.7. The van der Waals surface area contributed by atoms with Crippen molar-refractivity contribution < 1.29 is 4.79 Å². The summed E-state index contributed by atoms with van der Waals surface area (Å²) in [6.07, 6.45) is 1.67. The van der Waals surface area contributed by atoms with E-state index in [4.69, 9.17) is 5.73 Å². The molecule has 0 aliphatic carbocycles. The SMILES string of the molecule is Cc1cccc(NC2(c3c(C)cccc3C)NC=C(C(N)=O)S2)n1. The molecule has 0 radical (unpaired) electrons. The Morgan fingerprint density at radius 3 is 2.42 bits per heavy atom. The Hall–Kier alpha value is -2.47. The van der Waals surface area contributed by atoms with Crippen molar-refractivity contribution in [3.8, 4) is 0 Å². The number of hydrogen-bond acceptors (Lipinski definition) is 5. The Labute approximate surface area is 145 Å². The molecule has 1 atom stereocenters. The van der Waals surface area contributed by atoms with Gasteiger partial charge in [0.2, 0.25) is 0 Å². The first-order valence-corrected chi connectivity index (χ1v) is 8.48. The highest BCUT2D eigenvalue weighted by Crippen LogP contribution is 2.45. The smallest absolute Gasteiger partial charge is 0.256 e. The number of amides is 1. The molecule has 1 aromatic heterocycles. The van der Waals surface area contributed by atoms with Crippen molar-refractivity contribution in [2.45, 2.75) is 25.8 Å². The summed E-state index contributed by atoms with van der Waals surface area (Å²) in [5.41, 5.74) is 9.71. The summed E-state index contributed by atoms with van der Waals surface area (Å²) in [5, 5.41) is 6.78. The van der Waals surface area contributed by atoms with Crippen LogP contribution in [0.3, 0.4) is 0 Å². The van der Waals surface area contributed by atoms with E-state index in [-0.39, 0.29) is 0 Å². The number of rotatable bonds is 4. The number of nitrogens with two attached hydrogens (primary N) is 1. The molecule has 0 saturated carbocycles. The molecule has 6 heteroatoms. The predicted molar refractivity (Wildman–Crippen MR) is 98.2 cm³/mol. The van der Waals surface area contributed by atoms with Gasteiger partial charge in [-0.3, -0.25) is 4.79 Å². The lowest BCUT2D eigenvalue weighted by Crippen LogP contribution is -2.42. The molecule has 3 rings (SSSR count). The summed E-state index contributed by atoms with van der Waals surface area (Å²) >= 11 is 1.37. The number of thioether (sulfide) groups is 1. The molecular formula is C18H20N4OS. The molecule has 2 aromatic rings. The van der Waals surface area contributed by atoms with Gasteiger partial charge in [-0.25, -0.2) is 4.98 Å². The standard InChI is InChI=1S/C18H20N4OS/c1-11-6-4-7-12(2)16(11)18(20-10-14(24-18)17(19)23)22-15-9-5-8-13(3)21-15/h4-10,20H,1-3H3,(H2,19,23)(H,21,22). The minimum Gasteiger partial charge on any atom is -0.365 e. The van der Waals surface area contributed by atoms with E-state index in [0.717, 1.165) is 28.2 Å². The lowest BCUT2D eigenvalue weighted by molar-refractivity contribution is -0.113. The van der Waals surface area contributed by atoms with Crippen LogP contribution in [0.1, 0.15) is 22.4 Å². The number of nitrogens with one attached hydrogen (secondary N) is 2. The zero-order chi connectivity index (χ0) is 17.3. The molecule has 0 spiro atoms. The highest BCUT2D eigenvalue weighted by Gasteiger charge is 2.41. The summed E-state index contributed by atoms with van der Waals surface area (Å²) in [6.45, 7) is 6.05. The predicted octanol–water partition coefficient (Wildman–Crippen LogP) is 2.89. The normalized spacial score (nSPS) is 19.5. The second-order valence-electron chi connectivity index (χ2n) is 5.86. The summed E-state index contributed by atoms with van der Waals surface area (Å²) in [4.78, 5) is 15.9. The van der Waals surface area contributed by atoms with E-state index < -0.39 is 10.9 Å². The van der Waals surface area contributed by atoms with Crippen molar-refractivity contribution in [1.82, 2.24) is 10.3 Å². The minimum absolute atomic E-state index is 0.445. The summed E-state index contributed by atoms with van der Waals surface area (Å²) in [6, 6.07) is 11.9. The third-order valence-corrected chi connectivity index (χ3v) is 5.21.